The van der Waals surface area contributed by atoms with Crippen molar-refractivity contribution < 1.29 is 41.9 Å². The van der Waals surface area contributed by atoms with Crippen molar-refractivity contribution in [3.8, 4) is 0 Å². The third-order valence-corrected chi connectivity index (χ3v) is 10.3. The van der Waals surface area contributed by atoms with Crippen LogP contribution in [-0.2, 0) is 27.5 Å². The van der Waals surface area contributed by atoms with Gasteiger partial charge < -0.3 is 49.3 Å². The molecule has 0 saturated heterocycles. The molecule has 2 rings (SSSR count). The van der Waals surface area contributed by atoms with Crippen LogP contribution in [-0.4, -0.2) is 83.1 Å². The minimum atomic E-state index is -2.76. The zero-order valence-corrected chi connectivity index (χ0v) is 34.8. The second kappa shape index (κ2) is 23.4. The number of carbonyl (C=O) groups is 4. The number of rotatable bonds is 21. The second-order valence-electron chi connectivity index (χ2n) is 14.4. The van der Waals surface area contributed by atoms with E-state index in [1.54, 1.807) is 90.1 Å². The molecular formula is C38H61N7O9Si. The average Bonchev–Trinajstić information content (AvgIpc) is 3.08. The van der Waals surface area contributed by atoms with E-state index in [1.165, 1.54) is 0 Å². The molecule has 0 fully saturated rings. The van der Waals surface area contributed by atoms with E-state index < -0.39 is 44.1 Å². The lowest BCUT2D eigenvalue weighted by Gasteiger charge is -2.28. The number of amides is 5. The van der Waals surface area contributed by atoms with Gasteiger partial charge in [-0.3, -0.25) is 4.79 Å². The minimum Gasteiger partial charge on any atom is -0.444 e. The quantitative estimate of drug-likeness (QED) is 0.0470. The highest BCUT2D eigenvalue weighted by atomic mass is 28.4. The second-order valence-corrected chi connectivity index (χ2v) is 17.1. The third kappa shape index (κ3) is 20.1. The van der Waals surface area contributed by atoms with Crippen LogP contribution in [0.25, 0.3) is 0 Å². The van der Waals surface area contributed by atoms with Gasteiger partial charge in [0.15, 0.2) is 0 Å². The fraction of sp³-hybridized carbons (Fsp3) is 0.579. The van der Waals surface area contributed by atoms with E-state index in [2.05, 4.69) is 36.8 Å². The molecule has 17 heteroatoms. The van der Waals surface area contributed by atoms with Crippen molar-refractivity contribution in [1.82, 2.24) is 16.0 Å². The lowest BCUT2D eigenvalue weighted by atomic mass is 10.1. The molecule has 0 bridgehead atoms. The van der Waals surface area contributed by atoms with Crippen LogP contribution >= 0.6 is 0 Å². The number of hydrogen-bond donors (Lipinski definition) is 5. The van der Waals surface area contributed by atoms with Gasteiger partial charge in [-0.25, -0.2) is 14.4 Å². The predicted octanol–water partition coefficient (Wildman–Crippen LogP) is 8.19. The molecule has 5 N–H and O–H groups in total. The van der Waals surface area contributed by atoms with E-state index in [0.29, 0.717) is 87.4 Å². The first-order valence-corrected chi connectivity index (χ1v) is 20.8. The number of hydrogen-bond acceptors (Lipinski definition) is 11. The van der Waals surface area contributed by atoms with E-state index in [9.17, 15) is 19.2 Å². The Kier molecular flexibility index (Phi) is 19.8. The van der Waals surface area contributed by atoms with Gasteiger partial charge in [0.25, 0.3) is 0 Å². The normalized spacial score (nSPS) is 12.5. The average molecular weight is 788 g/mol. The molecule has 1 atom stereocenters. The first kappa shape index (κ1) is 46.6. The first-order valence-electron chi connectivity index (χ1n) is 18.8. The summed E-state index contributed by atoms with van der Waals surface area (Å²) in [4.78, 5) is 50.1. The molecule has 0 spiro atoms. The van der Waals surface area contributed by atoms with Crippen molar-refractivity contribution in [1.29, 1.82) is 0 Å². The summed E-state index contributed by atoms with van der Waals surface area (Å²) < 4.78 is 28.2. The van der Waals surface area contributed by atoms with Crippen LogP contribution in [0.1, 0.15) is 88.0 Å². The highest BCUT2D eigenvalue weighted by Gasteiger charge is 2.39. The van der Waals surface area contributed by atoms with Gasteiger partial charge in [0.05, 0.1) is 11.4 Å². The van der Waals surface area contributed by atoms with Gasteiger partial charge >= 0.3 is 27.0 Å². The highest BCUT2D eigenvalue weighted by molar-refractivity contribution is 6.60. The Morgan fingerprint density at radius 3 is 1.60 bits per heavy atom. The fourth-order valence-corrected chi connectivity index (χ4v) is 7.56. The van der Waals surface area contributed by atoms with Gasteiger partial charge in [-0.05, 0) is 137 Å². The van der Waals surface area contributed by atoms with Crippen LogP contribution in [0.4, 0.5) is 37.1 Å². The summed E-state index contributed by atoms with van der Waals surface area (Å²) in [5.74, 6) is -0.420. The van der Waals surface area contributed by atoms with E-state index in [4.69, 9.17) is 22.8 Å². The van der Waals surface area contributed by atoms with Gasteiger partial charge in [0, 0.05) is 50.3 Å². The van der Waals surface area contributed by atoms with Crippen LogP contribution in [0.2, 0.25) is 6.04 Å². The Labute approximate surface area is 326 Å². The number of ether oxygens (including phenoxy) is 2. The maximum Gasteiger partial charge on any atom is 0.500 e. The van der Waals surface area contributed by atoms with E-state index >= 15 is 0 Å². The SMILES string of the molecule is CCO[Si](CCCNC(=O)Nc1ccc(N=Nc2ccc(NC(=O)C(CCCCNC(=O)OC(C)(C)C)NC(=O)OC(C)(C)C)cc2)cc1)(OCC)OCC. The molecular weight excluding hydrogens is 727 g/mol. The van der Waals surface area contributed by atoms with Gasteiger partial charge in [-0.2, -0.15) is 10.2 Å². The molecule has 0 heterocycles. The monoisotopic (exact) mass is 787 g/mol. The molecule has 16 nitrogen and oxygen atoms in total. The van der Waals surface area contributed by atoms with E-state index in [0.717, 1.165) is 0 Å². The number of azo groups is 1. The zero-order chi connectivity index (χ0) is 40.9. The number of alkyl carbamates (subject to hydrolysis) is 2. The summed E-state index contributed by atoms with van der Waals surface area (Å²) in [5, 5.41) is 22.4. The van der Waals surface area contributed by atoms with Crippen LogP contribution in [0.15, 0.2) is 58.8 Å². The minimum absolute atomic E-state index is 0.313. The number of unbranched alkanes of at least 4 members (excludes halogenated alkanes) is 1. The standard InChI is InChI=1S/C38H61N7O9Si/c1-10-50-55(51-11-2,52-12-3)27-15-26-39-34(47)42-29-19-23-31(24-20-29)45-44-30-21-17-28(18-22-30)41-33(46)32(43-36(49)54-38(7,8)9)16-13-14-25-40-35(48)53-37(4,5)6/h17-24,32H,10-16,25-27H2,1-9H3,(H,40,48)(H,41,46)(H,43,49)(H2,39,42,47). The lowest BCUT2D eigenvalue weighted by Crippen LogP contribution is -2.46. The van der Waals surface area contributed by atoms with Crippen LogP contribution < -0.4 is 26.6 Å². The molecule has 0 aromatic heterocycles. The number of anilines is 2. The van der Waals surface area contributed by atoms with Crippen molar-refractivity contribution in [2.45, 2.75) is 111 Å². The van der Waals surface area contributed by atoms with Gasteiger partial charge in [0.2, 0.25) is 5.91 Å². The Hall–Kier alpha value is -4.58. The van der Waals surface area contributed by atoms with Crippen molar-refractivity contribution in [3.63, 3.8) is 0 Å². The zero-order valence-electron chi connectivity index (χ0n) is 33.8. The molecule has 0 aliphatic heterocycles. The topological polar surface area (TPSA) is 199 Å². The molecule has 5 amide bonds. The van der Waals surface area contributed by atoms with Crippen molar-refractivity contribution in [2.75, 3.05) is 43.5 Å². The molecule has 2 aromatic carbocycles. The molecule has 1 unspecified atom stereocenters. The highest BCUT2D eigenvalue weighted by Crippen LogP contribution is 2.23. The lowest BCUT2D eigenvalue weighted by molar-refractivity contribution is -0.118. The maximum atomic E-state index is 13.2. The van der Waals surface area contributed by atoms with Crippen LogP contribution in [0, 0.1) is 0 Å². The number of nitrogens with zero attached hydrogens (tertiary/aromatic N) is 2. The third-order valence-electron chi connectivity index (χ3n) is 7.17. The smallest absolute Gasteiger partial charge is 0.444 e. The first-order chi connectivity index (χ1) is 26.0. The van der Waals surface area contributed by atoms with E-state index in [1.807, 2.05) is 20.8 Å². The molecule has 0 radical (unpaired) electrons. The summed E-state index contributed by atoms with van der Waals surface area (Å²) in [6.07, 6.45) is 0.841. The molecule has 0 aliphatic rings. The van der Waals surface area contributed by atoms with Gasteiger partial charge in [-0.1, -0.05) is 0 Å². The molecule has 2 aromatic rings. The summed E-state index contributed by atoms with van der Waals surface area (Å²) in [7, 11) is -2.76. The Balaban J connectivity index is 1.89. The summed E-state index contributed by atoms with van der Waals surface area (Å²) in [6.45, 7) is 18.6. The summed E-state index contributed by atoms with van der Waals surface area (Å²) >= 11 is 0. The van der Waals surface area contributed by atoms with Crippen LogP contribution in [0.5, 0.6) is 0 Å². The fourth-order valence-electron chi connectivity index (χ4n) is 4.95. The predicted molar refractivity (Wildman–Crippen MR) is 214 cm³/mol. The van der Waals surface area contributed by atoms with Crippen LogP contribution in [0.3, 0.4) is 0 Å². The Bertz CT molecular complexity index is 1500. The Morgan fingerprint density at radius 1 is 0.636 bits per heavy atom. The van der Waals surface area contributed by atoms with Gasteiger partial charge in [-0.15, -0.1) is 0 Å². The number of carbonyl (C=O) groups excluding carboxylic acids is 4. The maximum absolute atomic E-state index is 13.2. The summed E-state index contributed by atoms with van der Waals surface area (Å²) in [6, 6.07) is 13.0. The molecule has 55 heavy (non-hydrogen) atoms. The number of nitrogens with one attached hydrogen (secondary N) is 5. The number of urea groups is 1. The van der Waals surface area contributed by atoms with Gasteiger partial charge in [0.1, 0.15) is 17.2 Å². The number of benzene rings is 2. The molecule has 0 saturated carbocycles. The Morgan fingerprint density at radius 2 is 1.11 bits per heavy atom. The van der Waals surface area contributed by atoms with Crippen molar-refractivity contribution >= 4 is 55.7 Å². The van der Waals surface area contributed by atoms with E-state index in [-0.39, 0.29) is 6.03 Å². The van der Waals surface area contributed by atoms with Crippen molar-refractivity contribution in [3.05, 3.63) is 48.5 Å². The largest absolute Gasteiger partial charge is 0.500 e. The molecule has 0 aliphatic carbocycles. The van der Waals surface area contributed by atoms with Crippen molar-refractivity contribution in [2.24, 2.45) is 10.2 Å². The summed E-state index contributed by atoms with van der Waals surface area (Å²) in [5.41, 5.74) is 0.872. The molecule has 306 valence electrons.